The molecule has 3 aromatic carbocycles. The maximum Gasteiger partial charge on any atom is 0.165 e. The van der Waals surface area contributed by atoms with Gasteiger partial charge < -0.3 is 10.1 Å². The number of ketones is 1. The lowest BCUT2D eigenvalue weighted by Gasteiger charge is -2.20. The molecule has 1 unspecified atom stereocenters. The van der Waals surface area contributed by atoms with Gasteiger partial charge in [0.25, 0.3) is 0 Å². The molecule has 0 aromatic heterocycles. The maximum absolute atomic E-state index is 12.8. The minimum Gasteiger partial charge on any atom is -0.497 e. The fraction of sp³-hybridized carbons (Fsp3) is 0.174. The van der Waals surface area contributed by atoms with Gasteiger partial charge in [0.05, 0.1) is 13.2 Å². The predicted molar refractivity (Wildman–Crippen MR) is 111 cm³/mol. The van der Waals surface area contributed by atoms with Gasteiger partial charge in [0.15, 0.2) is 5.78 Å². The normalized spacial score (nSPS) is 11.7. The molecular formula is C23H22ClNO2. The van der Waals surface area contributed by atoms with Crippen molar-refractivity contribution in [1.82, 2.24) is 0 Å². The molecule has 0 spiro atoms. The first-order chi connectivity index (χ1) is 13.0. The number of aryl methyl sites for hydroxylation is 1. The van der Waals surface area contributed by atoms with Crippen molar-refractivity contribution >= 4 is 23.1 Å². The van der Waals surface area contributed by atoms with E-state index in [2.05, 4.69) is 5.32 Å². The summed E-state index contributed by atoms with van der Waals surface area (Å²) < 4.78 is 5.21. The van der Waals surface area contributed by atoms with Gasteiger partial charge >= 0.3 is 0 Å². The summed E-state index contributed by atoms with van der Waals surface area (Å²) in [4.78, 5) is 12.8. The van der Waals surface area contributed by atoms with Crippen molar-refractivity contribution in [3.63, 3.8) is 0 Å². The number of methoxy groups -OCH3 is 1. The zero-order chi connectivity index (χ0) is 19.2. The molecule has 1 atom stereocenters. The molecule has 138 valence electrons. The van der Waals surface area contributed by atoms with E-state index in [1.807, 2.05) is 79.7 Å². The lowest BCUT2D eigenvalue weighted by atomic mass is 9.97. The molecule has 0 amide bonds. The maximum atomic E-state index is 12.8. The molecule has 1 N–H and O–H groups in total. The van der Waals surface area contributed by atoms with Crippen LogP contribution in [0.3, 0.4) is 0 Å². The highest BCUT2D eigenvalue weighted by molar-refractivity contribution is 6.30. The Kier molecular flexibility index (Phi) is 6.15. The van der Waals surface area contributed by atoms with E-state index >= 15 is 0 Å². The van der Waals surface area contributed by atoms with Crippen molar-refractivity contribution in [1.29, 1.82) is 0 Å². The molecule has 0 saturated heterocycles. The zero-order valence-electron chi connectivity index (χ0n) is 15.4. The Labute approximate surface area is 164 Å². The van der Waals surface area contributed by atoms with Crippen LogP contribution in [0, 0.1) is 6.92 Å². The van der Waals surface area contributed by atoms with Crippen LogP contribution < -0.4 is 10.1 Å². The Morgan fingerprint density at radius 3 is 2.19 bits per heavy atom. The molecule has 3 aromatic rings. The van der Waals surface area contributed by atoms with E-state index in [9.17, 15) is 4.79 Å². The second kappa shape index (κ2) is 8.74. The summed E-state index contributed by atoms with van der Waals surface area (Å²) in [5, 5.41) is 4.13. The third kappa shape index (κ3) is 5.11. The SMILES string of the molecule is COc1ccc(NC(CC(=O)c2ccc(C)cc2)c2ccc(Cl)cc2)cc1. The van der Waals surface area contributed by atoms with Crippen LogP contribution in [0.4, 0.5) is 5.69 Å². The molecule has 0 radical (unpaired) electrons. The van der Waals surface area contributed by atoms with Crippen LogP contribution >= 0.6 is 11.6 Å². The molecule has 0 heterocycles. The topological polar surface area (TPSA) is 38.3 Å². The molecule has 0 fully saturated rings. The fourth-order valence-electron chi connectivity index (χ4n) is 2.88. The zero-order valence-corrected chi connectivity index (χ0v) is 16.2. The monoisotopic (exact) mass is 379 g/mol. The average Bonchev–Trinajstić information content (AvgIpc) is 2.69. The Balaban J connectivity index is 1.83. The molecule has 4 heteroatoms. The lowest BCUT2D eigenvalue weighted by molar-refractivity contribution is 0.0976. The molecule has 0 aliphatic carbocycles. The number of rotatable bonds is 7. The number of Topliss-reactive ketones (excluding diaryl/α,β-unsaturated/α-hetero) is 1. The summed E-state index contributed by atoms with van der Waals surface area (Å²) >= 11 is 6.03. The molecule has 27 heavy (non-hydrogen) atoms. The number of hydrogen-bond donors (Lipinski definition) is 1. The largest absolute Gasteiger partial charge is 0.497 e. The van der Waals surface area contributed by atoms with E-state index in [1.165, 1.54) is 0 Å². The quantitative estimate of drug-likeness (QED) is 0.505. The van der Waals surface area contributed by atoms with E-state index in [-0.39, 0.29) is 11.8 Å². The van der Waals surface area contributed by atoms with Gasteiger partial charge in [-0.2, -0.15) is 0 Å². The average molecular weight is 380 g/mol. The fourth-order valence-corrected chi connectivity index (χ4v) is 3.00. The predicted octanol–water partition coefficient (Wildman–Crippen LogP) is 6.08. The number of hydrogen-bond acceptors (Lipinski definition) is 3. The van der Waals surface area contributed by atoms with Crippen molar-refractivity contribution < 1.29 is 9.53 Å². The van der Waals surface area contributed by atoms with Gasteiger partial charge in [0, 0.05) is 22.7 Å². The lowest BCUT2D eigenvalue weighted by Crippen LogP contribution is -2.16. The second-order valence-electron chi connectivity index (χ2n) is 6.47. The van der Waals surface area contributed by atoms with Gasteiger partial charge in [-0.15, -0.1) is 0 Å². The third-order valence-corrected chi connectivity index (χ3v) is 4.72. The van der Waals surface area contributed by atoms with Gasteiger partial charge in [-0.3, -0.25) is 4.79 Å². The van der Waals surface area contributed by atoms with Crippen molar-refractivity contribution in [3.8, 4) is 5.75 Å². The molecule has 0 aliphatic rings. The van der Waals surface area contributed by atoms with E-state index in [0.29, 0.717) is 11.4 Å². The summed E-state index contributed by atoms with van der Waals surface area (Å²) in [6, 6.07) is 22.8. The minimum atomic E-state index is -0.163. The smallest absolute Gasteiger partial charge is 0.165 e. The highest BCUT2D eigenvalue weighted by Crippen LogP contribution is 2.27. The molecule has 0 bridgehead atoms. The highest BCUT2D eigenvalue weighted by atomic mass is 35.5. The molecule has 0 aliphatic heterocycles. The second-order valence-corrected chi connectivity index (χ2v) is 6.91. The van der Waals surface area contributed by atoms with Crippen LogP contribution in [0.2, 0.25) is 5.02 Å². The summed E-state index contributed by atoms with van der Waals surface area (Å²) in [7, 11) is 1.64. The number of carbonyl (C=O) groups excluding carboxylic acids is 1. The summed E-state index contributed by atoms with van der Waals surface area (Å²) in [5.74, 6) is 0.885. The first kappa shape index (κ1) is 19.0. The first-order valence-electron chi connectivity index (χ1n) is 8.81. The van der Waals surface area contributed by atoms with Crippen LogP contribution in [0.1, 0.15) is 33.9 Å². The van der Waals surface area contributed by atoms with E-state index in [1.54, 1.807) is 7.11 Å². The van der Waals surface area contributed by atoms with Gasteiger partial charge in [-0.25, -0.2) is 0 Å². The summed E-state index contributed by atoms with van der Waals surface area (Å²) in [6.07, 6.45) is 0.344. The summed E-state index contributed by atoms with van der Waals surface area (Å²) in [6.45, 7) is 2.01. The van der Waals surface area contributed by atoms with Gasteiger partial charge in [-0.05, 0) is 48.9 Å². The number of benzene rings is 3. The third-order valence-electron chi connectivity index (χ3n) is 4.47. The van der Waals surface area contributed by atoms with E-state index < -0.39 is 0 Å². The number of carbonyl (C=O) groups is 1. The van der Waals surface area contributed by atoms with Crippen LogP contribution in [0.5, 0.6) is 5.75 Å². The van der Waals surface area contributed by atoms with Crippen molar-refractivity contribution in [2.75, 3.05) is 12.4 Å². The Morgan fingerprint density at radius 1 is 0.963 bits per heavy atom. The van der Waals surface area contributed by atoms with Gasteiger partial charge in [-0.1, -0.05) is 53.6 Å². The van der Waals surface area contributed by atoms with E-state index in [0.717, 1.165) is 28.1 Å². The Bertz CT molecular complexity index is 887. The van der Waals surface area contributed by atoms with Gasteiger partial charge in [0.1, 0.15) is 5.75 Å². The minimum absolute atomic E-state index is 0.0935. The van der Waals surface area contributed by atoms with Crippen molar-refractivity contribution in [3.05, 3.63) is 94.5 Å². The molecule has 3 rings (SSSR count). The van der Waals surface area contributed by atoms with Crippen LogP contribution in [-0.2, 0) is 0 Å². The Hall–Kier alpha value is -2.78. The van der Waals surface area contributed by atoms with Crippen LogP contribution in [0.15, 0.2) is 72.8 Å². The van der Waals surface area contributed by atoms with Crippen molar-refractivity contribution in [2.24, 2.45) is 0 Å². The highest BCUT2D eigenvalue weighted by Gasteiger charge is 2.17. The van der Waals surface area contributed by atoms with E-state index in [4.69, 9.17) is 16.3 Å². The van der Waals surface area contributed by atoms with Crippen LogP contribution in [-0.4, -0.2) is 12.9 Å². The molecule has 0 saturated carbocycles. The Morgan fingerprint density at radius 2 is 1.59 bits per heavy atom. The molecular weight excluding hydrogens is 358 g/mol. The standard InChI is InChI=1S/C23H22ClNO2/c1-16-3-5-18(6-4-16)23(26)15-22(17-7-9-19(24)10-8-17)25-20-11-13-21(27-2)14-12-20/h3-14,22,25H,15H2,1-2H3. The summed E-state index contributed by atoms with van der Waals surface area (Å²) in [5.41, 5.74) is 3.79. The first-order valence-corrected chi connectivity index (χ1v) is 9.19. The number of halogens is 1. The number of anilines is 1. The van der Waals surface area contributed by atoms with Gasteiger partial charge in [0.2, 0.25) is 0 Å². The van der Waals surface area contributed by atoms with Crippen LogP contribution in [0.25, 0.3) is 0 Å². The number of ether oxygens (including phenoxy) is 1. The number of nitrogens with one attached hydrogen (secondary N) is 1. The van der Waals surface area contributed by atoms with Crippen molar-refractivity contribution in [2.45, 2.75) is 19.4 Å². The molecule has 3 nitrogen and oxygen atoms in total.